The minimum absolute atomic E-state index is 0.0394. The average molecular weight is 272 g/mol. The molecule has 1 unspecified atom stereocenters. The number of nitrogens with zero attached hydrogens (tertiary/aromatic N) is 2. The molecule has 5 heteroatoms. The number of benzene rings is 1. The Bertz CT molecular complexity index is 614. The lowest BCUT2D eigenvalue weighted by molar-refractivity contribution is -0.132. The molecule has 0 aliphatic carbocycles. The lowest BCUT2D eigenvalue weighted by atomic mass is 10.3. The molecule has 5 nitrogen and oxygen atoms in total. The number of ether oxygens (including phenoxy) is 1. The maximum atomic E-state index is 12.0. The Morgan fingerprint density at radius 2 is 2.30 bits per heavy atom. The summed E-state index contributed by atoms with van der Waals surface area (Å²) >= 11 is 0. The lowest BCUT2D eigenvalue weighted by Gasteiger charge is -2.30. The van der Waals surface area contributed by atoms with Crippen molar-refractivity contribution in [1.82, 2.24) is 9.88 Å². The standard InChI is InChI=1S/C15H16N2O3/c1-11-10-17(8-9-19-11)15(18)7-6-14-16-12-4-2-3-5-13(12)20-14/h2-7,11H,8-10H2,1H3/b7-6+. The van der Waals surface area contributed by atoms with Gasteiger partial charge in [0.15, 0.2) is 5.58 Å². The second-order valence-electron chi connectivity index (χ2n) is 4.82. The molecule has 0 spiro atoms. The fraction of sp³-hybridized carbons (Fsp3) is 0.333. The molecule has 0 radical (unpaired) electrons. The van der Waals surface area contributed by atoms with Gasteiger partial charge in [-0.25, -0.2) is 4.98 Å². The number of aromatic nitrogens is 1. The summed E-state index contributed by atoms with van der Waals surface area (Å²) in [6.45, 7) is 3.80. The highest BCUT2D eigenvalue weighted by atomic mass is 16.5. The lowest BCUT2D eigenvalue weighted by Crippen LogP contribution is -2.43. The molecule has 3 rings (SSSR count). The van der Waals surface area contributed by atoms with E-state index in [0.29, 0.717) is 25.6 Å². The number of oxazole rings is 1. The van der Waals surface area contributed by atoms with E-state index in [2.05, 4.69) is 4.98 Å². The van der Waals surface area contributed by atoms with E-state index in [1.165, 1.54) is 6.08 Å². The minimum Gasteiger partial charge on any atom is -0.437 e. The van der Waals surface area contributed by atoms with Crippen molar-refractivity contribution in [2.75, 3.05) is 19.7 Å². The van der Waals surface area contributed by atoms with Gasteiger partial charge in [-0.05, 0) is 19.1 Å². The van der Waals surface area contributed by atoms with Gasteiger partial charge in [0.1, 0.15) is 5.52 Å². The zero-order chi connectivity index (χ0) is 13.9. The maximum absolute atomic E-state index is 12.0. The van der Waals surface area contributed by atoms with Crippen LogP contribution in [0.15, 0.2) is 34.8 Å². The first kappa shape index (κ1) is 12.9. The van der Waals surface area contributed by atoms with E-state index in [1.54, 1.807) is 11.0 Å². The number of rotatable bonds is 2. The third-order valence-corrected chi connectivity index (χ3v) is 3.23. The van der Waals surface area contributed by atoms with E-state index >= 15 is 0 Å². The van der Waals surface area contributed by atoms with Crippen LogP contribution in [0.3, 0.4) is 0 Å². The fourth-order valence-corrected chi connectivity index (χ4v) is 2.23. The van der Waals surface area contributed by atoms with Crippen LogP contribution in [-0.2, 0) is 9.53 Å². The average Bonchev–Trinajstić information content (AvgIpc) is 2.87. The summed E-state index contributed by atoms with van der Waals surface area (Å²) in [5, 5.41) is 0. The molecule has 1 fully saturated rings. The van der Waals surface area contributed by atoms with Gasteiger partial charge >= 0.3 is 0 Å². The monoisotopic (exact) mass is 272 g/mol. The van der Waals surface area contributed by atoms with Crippen molar-refractivity contribution in [2.24, 2.45) is 0 Å². The van der Waals surface area contributed by atoms with Crippen molar-refractivity contribution in [3.05, 3.63) is 36.2 Å². The molecule has 1 saturated heterocycles. The van der Waals surface area contributed by atoms with E-state index in [4.69, 9.17) is 9.15 Å². The Morgan fingerprint density at radius 1 is 1.45 bits per heavy atom. The maximum Gasteiger partial charge on any atom is 0.246 e. The van der Waals surface area contributed by atoms with Crippen LogP contribution >= 0.6 is 0 Å². The highest BCUT2D eigenvalue weighted by molar-refractivity contribution is 5.91. The number of hydrogen-bond acceptors (Lipinski definition) is 4. The van der Waals surface area contributed by atoms with Crippen molar-refractivity contribution in [2.45, 2.75) is 13.0 Å². The van der Waals surface area contributed by atoms with Gasteiger partial charge in [-0.1, -0.05) is 12.1 Å². The smallest absolute Gasteiger partial charge is 0.246 e. The zero-order valence-electron chi connectivity index (χ0n) is 11.3. The van der Waals surface area contributed by atoms with E-state index in [1.807, 2.05) is 31.2 Å². The molecule has 2 heterocycles. The Morgan fingerprint density at radius 3 is 3.10 bits per heavy atom. The summed E-state index contributed by atoms with van der Waals surface area (Å²) in [6.07, 6.45) is 3.20. The van der Waals surface area contributed by atoms with Gasteiger partial charge in [-0.3, -0.25) is 4.79 Å². The van der Waals surface area contributed by atoms with Gasteiger partial charge < -0.3 is 14.1 Å². The Labute approximate surface area is 116 Å². The molecule has 2 aromatic rings. The molecular formula is C15H16N2O3. The third kappa shape index (κ3) is 2.72. The van der Waals surface area contributed by atoms with Crippen molar-refractivity contribution < 1.29 is 13.9 Å². The van der Waals surface area contributed by atoms with Crippen LogP contribution in [0.25, 0.3) is 17.2 Å². The third-order valence-electron chi connectivity index (χ3n) is 3.23. The minimum atomic E-state index is -0.0394. The Hall–Kier alpha value is -2.14. The van der Waals surface area contributed by atoms with E-state index in [9.17, 15) is 4.79 Å². The zero-order valence-corrected chi connectivity index (χ0v) is 11.3. The van der Waals surface area contributed by atoms with Crippen molar-refractivity contribution in [3.63, 3.8) is 0 Å². The number of fused-ring (bicyclic) bond motifs is 1. The molecule has 0 saturated carbocycles. The highest BCUT2D eigenvalue weighted by Gasteiger charge is 2.19. The quantitative estimate of drug-likeness (QED) is 0.785. The van der Waals surface area contributed by atoms with Crippen LogP contribution in [0.5, 0.6) is 0 Å². The molecule has 1 aliphatic heterocycles. The van der Waals surface area contributed by atoms with Gasteiger partial charge in [-0.15, -0.1) is 0 Å². The predicted octanol–water partition coefficient (Wildman–Crippen LogP) is 2.09. The summed E-state index contributed by atoms with van der Waals surface area (Å²) in [5.41, 5.74) is 1.51. The summed E-state index contributed by atoms with van der Waals surface area (Å²) in [6, 6.07) is 7.52. The topological polar surface area (TPSA) is 55.6 Å². The predicted molar refractivity (Wildman–Crippen MR) is 75.0 cm³/mol. The SMILES string of the molecule is CC1CN(C(=O)/C=C/c2nc3ccccc3o2)CCO1. The van der Waals surface area contributed by atoms with Gasteiger partial charge in [0.05, 0.1) is 12.7 Å². The second-order valence-corrected chi connectivity index (χ2v) is 4.82. The summed E-state index contributed by atoms with van der Waals surface area (Å²) in [4.78, 5) is 18.1. The van der Waals surface area contributed by atoms with Crippen molar-refractivity contribution in [1.29, 1.82) is 0 Å². The van der Waals surface area contributed by atoms with Gasteiger partial charge in [-0.2, -0.15) is 0 Å². The highest BCUT2D eigenvalue weighted by Crippen LogP contribution is 2.15. The summed E-state index contributed by atoms with van der Waals surface area (Å²) < 4.78 is 10.9. The molecule has 1 aromatic carbocycles. The van der Waals surface area contributed by atoms with Crippen LogP contribution in [0.1, 0.15) is 12.8 Å². The normalized spacial score (nSPS) is 19.9. The number of amides is 1. The largest absolute Gasteiger partial charge is 0.437 e. The summed E-state index contributed by atoms with van der Waals surface area (Å²) in [5.74, 6) is 0.406. The molecule has 1 atom stereocenters. The first-order chi connectivity index (χ1) is 9.72. The first-order valence-electron chi connectivity index (χ1n) is 6.66. The molecule has 20 heavy (non-hydrogen) atoms. The first-order valence-corrected chi connectivity index (χ1v) is 6.66. The van der Waals surface area contributed by atoms with E-state index in [0.717, 1.165) is 11.1 Å². The molecule has 1 aromatic heterocycles. The van der Waals surface area contributed by atoms with Crippen LogP contribution in [-0.4, -0.2) is 41.6 Å². The molecule has 0 bridgehead atoms. The molecule has 104 valence electrons. The fourth-order valence-electron chi connectivity index (χ4n) is 2.23. The van der Waals surface area contributed by atoms with Crippen molar-refractivity contribution in [3.8, 4) is 0 Å². The van der Waals surface area contributed by atoms with Gasteiger partial charge in [0.2, 0.25) is 11.8 Å². The number of para-hydroxylation sites is 2. The van der Waals surface area contributed by atoms with Gasteiger partial charge in [0, 0.05) is 25.2 Å². The number of carbonyl (C=O) groups excluding carboxylic acids is 1. The second kappa shape index (κ2) is 5.46. The van der Waals surface area contributed by atoms with Crippen LogP contribution < -0.4 is 0 Å². The van der Waals surface area contributed by atoms with Crippen LogP contribution in [0.2, 0.25) is 0 Å². The Balaban J connectivity index is 1.71. The van der Waals surface area contributed by atoms with Crippen LogP contribution in [0, 0.1) is 0 Å². The van der Waals surface area contributed by atoms with E-state index in [-0.39, 0.29) is 12.0 Å². The van der Waals surface area contributed by atoms with Crippen LogP contribution in [0.4, 0.5) is 0 Å². The van der Waals surface area contributed by atoms with E-state index < -0.39 is 0 Å². The molecular weight excluding hydrogens is 256 g/mol. The Kier molecular flexibility index (Phi) is 3.52. The van der Waals surface area contributed by atoms with Gasteiger partial charge in [0.25, 0.3) is 0 Å². The number of carbonyl (C=O) groups is 1. The molecule has 1 aliphatic rings. The molecule has 1 amide bonds. The number of morpholine rings is 1. The molecule has 0 N–H and O–H groups in total. The van der Waals surface area contributed by atoms with Crippen molar-refractivity contribution >= 4 is 23.1 Å². The summed E-state index contributed by atoms with van der Waals surface area (Å²) in [7, 11) is 0. The number of hydrogen-bond donors (Lipinski definition) is 0.